The number of likely N-dealkylation sites (tertiary alicyclic amines) is 3. The standard InChI is InChI=1S/C24H28F3N5O2/c1-12-3-14(5-16(4-12)24(25,26)27)13(2)31-18-8-21(23(31)34)30(10-18)11-19(29)22(33)32-17(9-28)6-15-7-20(15)32/h3-5,13,15,17-21H,6-8,10-11,29H2,1-2H3/t13-,15?,17-,18?,19-,20-,21+/m0/s1. The molecule has 0 radical (unpaired) electrons. The molecule has 4 aliphatic rings. The minimum absolute atomic E-state index is 0.118. The molecule has 0 aromatic heterocycles. The Morgan fingerprint density at radius 3 is 2.65 bits per heavy atom. The smallest absolute Gasteiger partial charge is 0.330 e. The van der Waals surface area contributed by atoms with Crippen molar-refractivity contribution in [2.75, 3.05) is 13.1 Å². The lowest BCUT2D eigenvalue weighted by atomic mass is 9.99. The summed E-state index contributed by atoms with van der Waals surface area (Å²) < 4.78 is 39.9. The Morgan fingerprint density at radius 1 is 1.26 bits per heavy atom. The summed E-state index contributed by atoms with van der Waals surface area (Å²) in [5.41, 5.74) is 6.48. The van der Waals surface area contributed by atoms with E-state index in [2.05, 4.69) is 6.07 Å². The Kier molecular flexibility index (Phi) is 5.41. The number of aryl methyl sites for hydroxylation is 1. The molecule has 3 aliphatic heterocycles. The molecule has 2 N–H and O–H groups in total. The third-order valence-corrected chi connectivity index (χ3v) is 7.90. The molecule has 10 heteroatoms. The van der Waals surface area contributed by atoms with E-state index in [-0.39, 0.29) is 30.4 Å². The summed E-state index contributed by atoms with van der Waals surface area (Å²) >= 11 is 0. The van der Waals surface area contributed by atoms with E-state index < -0.39 is 35.9 Å². The van der Waals surface area contributed by atoms with Gasteiger partial charge in [0.2, 0.25) is 11.8 Å². The topological polar surface area (TPSA) is 93.7 Å². The number of carbonyl (C=O) groups excluding carboxylic acids is 2. The molecule has 7 nitrogen and oxygen atoms in total. The van der Waals surface area contributed by atoms with Crippen LogP contribution >= 0.6 is 0 Å². The average Bonchev–Trinajstić information content (AvgIpc) is 3.11. The van der Waals surface area contributed by atoms with Gasteiger partial charge in [-0.25, -0.2) is 0 Å². The predicted molar refractivity (Wildman–Crippen MR) is 116 cm³/mol. The van der Waals surface area contributed by atoms with Crippen LogP contribution < -0.4 is 5.73 Å². The van der Waals surface area contributed by atoms with Gasteiger partial charge in [0.15, 0.2) is 0 Å². The number of benzene rings is 1. The van der Waals surface area contributed by atoms with Crippen LogP contribution in [-0.2, 0) is 15.8 Å². The van der Waals surface area contributed by atoms with Crippen molar-refractivity contribution < 1.29 is 22.8 Å². The molecule has 2 unspecified atom stereocenters. The third-order valence-electron chi connectivity index (χ3n) is 7.90. The zero-order chi connectivity index (χ0) is 24.5. The van der Waals surface area contributed by atoms with Crippen LogP contribution in [0.4, 0.5) is 13.2 Å². The van der Waals surface area contributed by atoms with E-state index in [0.29, 0.717) is 36.4 Å². The number of amides is 2. The van der Waals surface area contributed by atoms with Crippen LogP contribution in [0.5, 0.6) is 0 Å². The summed E-state index contributed by atoms with van der Waals surface area (Å²) in [5.74, 6) is 0.0212. The monoisotopic (exact) mass is 475 g/mol. The van der Waals surface area contributed by atoms with Crippen LogP contribution in [0.2, 0.25) is 0 Å². The number of rotatable bonds is 5. The van der Waals surface area contributed by atoms with Gasteiger partial charge in [-0.05, 0) is 56.7 Å². The van der Waals surface area contributed by atoms with Gasteiger partial charge in [-0.1, -0.05) is 11.6 Å². The molecule has 0 spiro atoms. The second-order valence-corrected chi connectivity index (χ2v) is 10.2. The molecule has 1 saturated carbocycles. The van der Waals surface area contributed by atoms with Gasteiger partial charge in [-0.2, -0.15) is 18.4 Å². The molecule has 5 rings (SSSR count). The van der Waals surface area contributed by atoms with Crippen molar-refractivity contribution >= 4 is 11.8 Å². The first kappa shape index (κ1) is 23.1. The van der Waals surface area contributed by atoms with Crippen molar-refractivity contribution in [3.63, 3.8) is 0 Å². The van der Waals surface area contributed by atoms with E-state index in [0.717, 1.165) is 18.6 Å². The molecule has 182 valence electrons. The van der Waals surface area contributed by atoms with E-state index in [9.17, 15) is 28.0 Å². The maximum absolute atomic E-state index is 13.3. The maximum atomic E-state index is 13.3. The first-order valence-electron chi connectivity index (χ1n) is 11.7. The number of hydrogen-bond acceptors (Lipinski definition) is 5. The molecule has 7 atom stereocenters. The average molecular weight is 476 g/mol. The number of nitrogens with two attached hydrogens (primary N) is 1. The van der Waals surface area contributed by atoms with Gasteiger partial charge < -0.3 is 15.5 Å². The zero-order valence-corrected chi connectivity index (χ0v) is 19.1. The van der Waals surface area contributed by atoms with Crippen LogP contribution in [0.3, 0.4) is 0 Å². The molecule has 2 amide bonds. The zero-order valence-electron chi connectivity index (χ0n) is 19.1. The Morgan fingerprint density at radius 2 is 2.00 bits per heavy atom. The SMILES string of the molecule is Cc1cc([C@H](C)N2C(=O)[C@H]3CC2CN3C[C@H](N)C(=O)N2[C@H](C#N)CC3C[C@@H]32)cc(C(F)(F)F)c1. The van der Waals surface area contributed by atoms with Crippen LogP contribution in [0, 0.1) is 24.2 Å². The van der Waals surface area contributed by atoms with Crippen LogP contribution in [-0.4, -0.2) is 69.8 Å². The Labute approximate surface area is 196 Å². The Hall–Kier alpha value is -2.64. The number of nitrogens with zero attached hydrogens (tertiary/aromatic N) is 4. The number of halogens is 3. The van der Waals surface area contributed by atoms with Crippen molar-refractivity contribution in [1.29, 1.82) is 5.26 Å². The minimum Gasteiger partial charge on any atom is -0.330 e. The van der Waals surface area contributed by atoms with Crippen molar-refractivity contribution in [3.8, 4) is 6.07 Å². The number of piperidine rings is 1. The minimum atomic E-state index is -4.45. The van der Waals surface area contributed by atoms with E-state index in [4.69, 9.17) is 5.73 Å². The molecule has 1 aromatic carbocycles. The number of alkyl halides is 3. The highest BCUT2D eigenvalue weighted by Gasteiger charge is 2.56. The van der Waals surface area contributed by atoms with Crippen molar-refractivity contribution in [2.24, 2.45) is 11.7 Å². The highest BCUT2D eigenvalue weighted by Crippen LogP contribution is 2.48. The van der Waals surface area contributed by atoms with Gasteiger partial charge in [0.05, 0.1) is 29.8 Å². The van der Waals surface area contributed by atoms with Gasteiger partial charge in [0.25, 0.3) is 0 Å². The van der Waals surface area contributed by atoms with Crippen molar-refractivity contribution in [1.82, 2.24) is 14.7 Å². The van der Waals surface area contributed by atoms with Gasteiger partial charge in [-0.3, -0.25) is 14.5 Å². The second-order valence-electron chi connectivity index (χ2n) is 10.2. The second kappa shape index (κ2) is 7.95. The normalized spacial score (nSPS) is 32.0. The van der Waals surface area contributed by atoms with Crippen molar-refractivity contribution in [2.45, 2.75) is 75.5 Å². The first-order chi connectivity index (χ1) is 16.0. The number of nitriles is 1. The molecule has 4 fully saturated rings. The summed E-state index contributed by atoms with van der Waals surface area (Å²) in [6.07, 6.45) is -2.26. The Bertz CT molecular complexity index is 1070. The number of fused-ring (bicyclic) bond motifs is 3. The molecule has 2 bridgehead atoms. The van der Waals surface area contributed by atoms with Crippen LogP contribution in [0.1, 0.15) is 48.9 Å². The third kappa shape index (κ3) is 3.75. The molecule has 1 aromatic rings. The number of carbonyl (C=O) groups is 2. The first-order valence-corrected chi connectivity index (χ1v) is 11.7. The highest BCUT2D eigenvalue weighted by atomic mass is 19.4. The largest absolute Gasteiger partial charge is 0.416 e. The molecular formula is C24H28F3N5O2. The predicted octanol–water partition coefficient (Wildman–Crippen LogP) is 2.20. The van der Waals surface area contributed by atoms with Crippen molar-refractivity contribution in [3.05, 3.63) is 34.9 Å². The van der Waals surface area contributed by atoms with E-state index >= 15 is 0 Å². The Balaban J connectivity index is 1.26. The quantitative estimate of drug-likeness (QED) is 0.705. The summed E-state index contributed by atoms with van der Waals surface area (Å²) in [4.78, 5) is 31.4. The van der Waals surface area contributed by atoms with Crippen LogP contribution in [0.25, 0.3) is 0 Å². The summed E-state index contributed by atoms with van der Waals surface area (Å²) in [7, 11) is 0. The fourth-order valence-corrected chi connectivity index (χ4v) is 6.19. The lowest BCUT2D eigenvalue weighted by molar-refractivity contribution is -0.141. The number of piperazine rings is 1. The lowest BCUT2D eigenvalue weighted by Crippen LogP contribution is -2.57. The van der Waals surface area contributed by atoms with Gasteiger partial charge in [0, 0.05) is 25.2 Å². The fourth-order valence-electron chi connectivity index (χ4n) is 6.19. The van der Waals surface area contributed by atoms with Gasteiger partial charge in [0.1, 0.15) is 6.04 Å². The summed E-state index contributed by atoms with van der Waals surface area (Å²) in [6.45, 7) is 4.12. The van der Waals surface area contributed by atoms with Crippen LogP contribution in [0.15, 0.2) is 18.2 Å². The molecule has 3 heterocycles. The van der Waals surface area contributed by atoms with Gasteiger partial charge >= 0.3 is 6.18 Å². The van der Waals surface area contributed by atoms with E-state index in [1.54, 1.807) is 29.7 Å². The molecule has 34 heavy (non-hydrogen) atoms. The maximum Gasteiger partial charge on any atom is 0.416 e. The number of hydrogen-bond donors (Lipinski definition) is 1. The van der Waals surface area contributed by atoms with E-state index in [1.165, 1.54) is 0 Å². The molecule has 3 saturated heterocycles. The summed E-state index contributed by atoms with van der Waals surface area (Å²) in [5, 5.41) is 9.36. The lowest BCUT2D eigenvalue weighted by Gasteiger charge is -2.39. The van der Waals surface area contributed by atoms with E-state index in [1.807, 2.05) is 4.90 Å². The fraction of sp³-hybridized carbons (Fsp3) is 0.625. The molecule has 1 aliphatic carbocycles. The molecular weight excluding hydrogens is 447 g/mol. The summed E-state index contributed by atoms with van der Waals surface area (Å²) in [6, 6.07) is 3.92. The van der Waals surface area contributed by atoms with Gasteiger partial charge in [-0.15, -0.1) is 0 Å². The highest BCUT2D eigenvalue weighted by molar-refractivity contribution is 5.87.